The molecule has 0 saturated heterocycles. The summed E-state index contributed by atoms with van der Waals surface area (Å²) in [5.41, 5.74) is 1.38. The van der Waals surface area contributed by atoms with Gasteiger partial charge in [-0.3, -0.25) is 4.79 Å². The minimum Gasteiger partial charge on any atom is -0.421 e. The average molecular weight is 243 g/mol. The Morgan fingerprint density at radius 2 is 2.22 bits per heavy atom. The molecule has 0 bridgehead atoms. The molecule has 0 aliphatic heterocycles. The van der Waals surface area contributed by atoms with E-state index in [-0.39, 0.29) is 5.91 Å². The Morgan fingerprint density at radius 3 is 2.89 bits per heavy atom. The molecule has 0 radical (unpaired) electrons. The molecule has 1 aliphatic rings. The van der Waals surface area contributed by atoms with Gasteiger partial charge in [0.05, 0.1) is 0 Å². The van der Waals surface area contributed by atoms with E-state index in [1.165, 1.54) is 0 Å². The minimum absolute atomic E-state index is 0.0458. The first-order chi connectivity index (χ1) is 8.72. The van der Waals surface area contributed by atoms with Crippen molar-refractivity contribution in [3.05, 3.63) is 35.7 Å². The van der Waals surface area contributed by atoms with E-state index in [4.69, 9.17) is 4.42 Å². The Morgan fingerprint density at radius 1 is 1.39 bits per heavy atom. The molecule has 0 unspecified atom stereocenters. The number of nitrogens with one attached hydrogen (secondary N) is 1. The second-order valence-electron chi connectivity index (χ2n) is 4.45. The molecule has 5 nitrogen and oxygen atoms in total. The number of benzene rings is 1. The van der Waals surface area contributed by atoms with Gasteiger partial charge in [0.25, 0.3) is 5.91 Å². The molecule has 1 fully saturated rings. The fourth-order valence-electron chi connectivity index (χ4n) is 1.70. The van der Waals surface area contributed by atoms with Crippen molar-refractivity contribution in [2.45, 2.75) is 25.8 Å². The lowest BCUT2D eigenvalue weighted by Crippen LogP contribution is -2.25. The molecule has 2 aromatic rings. The number of nitrogens with zero attached hydrogens (tertiary/aromatic N) is 2. The van der Waals surface area contributed by atoms with Crippen molar-refractivity contribution >= 4 is 5.91 Å². The average Bonchev–Trinajstić information content (AvgIpc) is 3.08. The summed E-state index contributed by atoms with van der Waals surface area (Å²) in [5.74, 6) is 0.905. The summed E-state index contributed by atoms with van der Waals surface area (Å²) in [6.07, 6.45) is 2.16. The standard InChI is InChI=1S/C13H13N3O2/c1-8-15-16-13(18-8)10-4-2-3-9(7-10)12(17)14-11-5-6-11/h2-4,7,11H,5-6H2,1H3,(H,14,17). The van der Waals surface area contributed by atoms with Crippen LogP contribution in [0.15, 0.2) is 28.7 Å². The van der Waals surface area contributed by atoms with Crippen LogP contribution in [0.2, 0.25) is 0 Å². The van der Waals surface area contributed by atoms with Crippen LogP contribution in [0.25, 0.3) is 11.5 Å². The van der Waals surface area contributed by atoms with Crippen LogP contribution in [0.3, 0.4) is 0 Å². The third-order valence-electron chi connectivity index (χ3n) is 2.81. The van der Waals surface area contributed by atoms with Crippen LogP contribution in [0.4, 0.5) is 0 Å². The van der Waals surface area contributed by atoms with Crippen LogP contribution in [-0.4, -0.2) is 22.1 Å². The molecule has 1 aliphatic carbocycles. The fourth-order valence-corrected chi connectivity index (χ4v) is 1.70. The van der Waals surface area contributed by atoms with E-state index in [2.05, 4.69) is 15.5 Å². The van der Waals surface area contributed by atoms with Gasteiger partial charge in [0.1, 0.15) is 0 Å². The highest BCUT2D eigenvalue weighted by Crippen LogP contribution is 2.21. The molecule has 1 heterocycles. The lowest BCUT2D eigenvalue weighted by molar-refractivity contribution is 0.0951. The van der Waals surface area contributed by atoms with Gasteiger partial charge in [0, 0.05) is 24.1 Å². The third-order valence-corrected chi connectivity index (χ3v) is 2.81. The topological polar surface area (TPSA) is 68.0 Å². The molecule has 1 aromatic carbocycles. The maximum atomic E-state index is 11.9. The van der Waals surface area contributed by atoms with Crippen LogP contribution in [0.1, 0.15) is 29.1 Å². The smallest absolute Gasteiger partial charge is 0.251 e. The summed E-state index contributed by atoms with van der Waals surface area (Å²) in [5, 5.41) is 10.7. The first kappa shape index (κ1) is 11.0. The van der Waals surface area contributed by atoms with Gasteiger partial charge in [-0.15, -0.1) is 10.2 Å². The zero-order valence-electron chi connectivity index (χ0n) is 10.0. The largest absolute Gasteiger partial charge is 0.421 e. The number of hydrogen-bond donors (Lipinski definition) is 1. The Balaban J connectivity index is 1.86. The van der Waals surface area contributed by atoms with Gasteiger partial charge in [0.2, 0.25) is 11.8 Å². The van der Waals surface area contributed by atoms with Gasteiger partial charge in [-0.2, -0.15) is 0 Å². The molecule has 92 valence electrons. The van der Waals surface area contributed by atoms with E-state index in [0.717, 1.165) is 18.4 Å². The number of hydrogen-bond acceptors (Lipinski definition) is 4. The van der Waals surface area contributed by atoms with Crippen molar-refractivity contribution in [3.8, 4) is 11.5 Å². The molecule has 1 amide bonds. The number of carbonyl (C=O) groups excluding carboxylic acids is 1. The molecular formula is C13H13N3O2. The predicted octanol–water partition coefficient (Wildman–Crippen LogP) is 1.94. The van der Waals surface area contributed by atoms with Gasteiger partial charge >= 0.3 is 0 Å². The molecular weight excluding hydrogens is 230 g/mol. The van der Waals surface area contributed by atoms with Crippen molar-refractivity contribution in [2.24, 2.45) is 0 Å². The molecule has 3 rings (SSSR count). The third kappa shape index (κ3) is 2.25. The maximum Gasteiger partial charge on any atom is 0.251 e. The summed E-state index contributed by atoms with van der Waals surface area (Å²) in [6.45, 7) is 1.74. The zero-order valence-corrected chi connectivity index (χ0v) is 10.0. The SMILES string of the molecule is Cc1nnc(-c2cccc(C(=O)NC3CC3)c2)o1. The zero-order chi connectivity index (χ0) is 12.5. The van der Waals surface area contributed by atoms with Crippen molar-refractivity contribution in [2.75, 3.05) is 0 Å². The van der Waals surface area contributed by atoms with Crippen LogP contribution in [0.5, 0.6) is 0 Å². The van der Waals surface area contributed by atoms with Crippen LogP contribution < -0.4 is 5.32 Å². The normalized spacial score (nSPS) is 14.5. The summed E-state index contributed by atoms with van der Waals surface area (Å²) in [6, 6.07) is 7.57. The van der Waals surface area contributed by atoms with Gasteiger partial charge in [-0.1, -0.05) is 6.07 Å². The first-order valence-corrected chi connectivity index (χ1v) is 5.94. The van der Waals surface area contributed by atoms with Crippen LogP contribution in [-0.2, 0) is 0 Å². The van der Waals surface area contributed by atoms with Crippen molar-refractivity contribution in [1.29, 1.82) is 0 Å². The molecule has 1 N–H and O–H groups in total. The van der Waals surface area contributed by atoms with Crippen molar-refractivity contribution in [3.63, 3.8) is 0 Å². The second kappa shape index (κ2) is 4.25. The Kier molecular flexibility index (Phi) is 2.59. The van der Waals surface area contributed by atoms with E-state index >= 15 is 0 Å². The van der Waals surface area contributed by atoms with Gasteiger partial charge in [-0.05, 0) is 31.0 Å². The van der Waals surface area contributed by atoms with Gasteiger partial charge in [-0.25, -0.2) is 0 Å². The molecule has 1 saturated carbocycles. The molecule has 0 spiro atoms. The number of carbonyl (C=O) groups is 1. The number of aromatic nitrogens is 2. The summed E-state index contributed by atoms with van der Waals surface area (Å²) in [4.78, 5) is 11.9. The molecule has 5 heteroatoms. The van der Waals surface area contributed by atoms with Crippen molar-refractivity contribution < 1.29 is 9.21 Å². The van der Waals surface area contributed by atoms with Crippen molar-refractivity contribution in [1.82, 2.24) is 15.5 Å². The van der Waals surface area contributed by atoms with Gasteiger partial charge in [0.15, 0.2) is 0 Å². The van der Waals surface area contributed by atoms with E-state index in [0.29, 0.717) is 23.4 Å². The predicted molar refractivity (Wildman–Crippen MR) is 65.0 cm³/mol. The molecule has 18 heavy (non-hydrogen) atoms. The monoisotopic (exact) mass is 243 g/mol. The lowest BCUT2D eigenvalue weighted by atomic mass is 10.1. The highest BCUT2D eigenvalue weighted by molar-refractivity contribution is 5.95. The van der Waals surface area contributed by atoms with Crippen LogP contribution in [0, 0.1) is 6.92 Å². The lowest BCUT2D eigenvalue weighted by Gasteiger charge is -2.03. The Bertz CT molecular complexity index is 587. The number of amides is 1. The number of rotatable bonds is 3. The summed E-state index contributed by atoms with van der Waals surface area (Å²) < 4.78 is 5.34. The van der Waals surface area contributed by atoms with E-state index in [1.807, 2.05) is 12.1 Å². The molecule has 1 aromatic heterocycles. The number of aryl methyl sites for hydroxylation is 1. The summed E-state index contributed by atoms with van der Waals surface area (Å²) >= 11 is 0. The van der Waals surface area contributed by atoms with E-state index < -0.39 is 0 Å². The maximum absolute atomic E-state index is 11.9. The fraction of sp³-hybridized carbons (Fsp3) is 0.308. The second-order valence-corrected chi connectivity index (χ2v) is 4.45. The van der Waals surface area contributed by atoms with E-state index in [9.17, 15) is 4.79 Å². The van der Waals surface area contributed by atoms with Gasteiger partial charge < -0.3 is 9.73 Å². The van der Waals surface area contributed by atoms with Crippen LogP contribution >= 0.6 is 0 Å². The first-order valence-electron chi connectivity index (χ1n) is 5.94. The minimum atomic E-state index is -0.0458. The van der Waals surface area contributed by atoms with E-state index in [1.54, 1.807) is 19.1 Å². The Hall–Kier alpha value is -2.17. The summed E-state index contributed by atoms with van der Waals surface area (Å²) in [7, 11) is 0. The molecule has 0 atom stereocenters. The highest BCUT2D eigenvalue weighted by Gasteiger charge is 2.23. The highest BCUT2D eigenvalue weighted by atomic mass is 16.4. The quantitative estimate of drug-likeness (QED) is 0.894. The Labute approximate surface area is 104 Å².